The predicted octanol–water partition coefficient (Wildman–Crippen LogP) is 8.98. The van der Waals surface area contributed by atoms with Crippen molar-refractivity contribution >= 4 is 53.5 Å². The van der Waals surface area contributed by atoms with E-state index in [4.69, 9.17) is 27.5 Å². The SMILES string of the molecule is COC(=O)C[C@H]1CC[C@@H]2O[C@@H]([C@H](/C=C/I)O[Si](C)(C)C(C)(C)C)[C@@H](O[Si](C)(C)C(C)(C)C)[C@@H](O[Si](C)(C)C(C)(C)C)[C@H]2O1. The van der Waals surface area contributed by atoms with Crippen molar-refractivity contribution in [2.75, 3.05) is 7.11 Å². The van der Waals surface area contributed by atoms with Crippen LogP contribution in [0.25, 0.3) is 0 Å². The Morgan fingerprint density at radius 1 is 0.814 bits per heavy atom. The highest BCUT2D eigenvalue weighted by Crippen LogP contribution is 2.47. The summed E-state index contributed by atoms with van der Waals surface area (Å²) in [7, 11) is -5.36. The number of hydrogen-bond acceptors (Lipinski definition) is 7. The van der Waals surface area contributed by atoms with Crippen molar-refractivity contribution in [3.05, 3.63) is 10.2 Å². The Kier molecular flexibility index (Phi) is 13.1. The first-order chi connectivity index (χ1) is 19.3. The molecule has 0 N–H and O–H groups in total. The molecule has 2 saturated heterocycles. The van der Waals surface area contributed by atoms with Crippen LogP contribution < -0.4 is 0 Å². The Hall–Kier alpha value is 0.391. The van der Waals surface area contributed by atoms with Crippen LogP contribution in [0, 0.1) is 0 Å². The summed E-state index contributed by atoms with van der Waals surface area (Å²) in [5, 5.41) is -0.00778. The smallest absolute Gasteiger partial charge is 0.308 e. The normalized spacial score (nSPS) is 29.0. The molecule has 2 aliphatic heterocycles. The van der Waals surface area contributed by atoms with Crippen molar-refractivity contribution in [2.45, 2.75) is 179 Å². The van der Waals surface area contributed by atoms with Gasteiger partial charge in [-0.15, -0.1) is 0 Å². The van der Waals surface area contributed by atoms with Gasteiger partial charge in [0.2, 0.25) is 0 Å². The Morgan fingerprint density at radius 2 is 1.30 bits per heavy atom. The third-order valence-electron chi connectivity index (χ3n) is 10.7. The van der Waals surface area contributed by atoms with E-state index in [1.807, 2.05) is 4.08 Å². The van der Waals surface area contributed by atoms with E-state index in [-0.39, 0.29) is 64.1 Å². The van der Waals surface area contributed by atoms with E-state index >= 15 is 0 Å². The molecule has 11 heteroatoms. The van der Waals surface area contributed by atoms with Gasteiger partial charge in [0.25, 0.3) is 0 Å². The zero-order valence-corrected chi connectivity index (χ0v) is 35.2. The highest BCUT2D eigenvalue weighted by molar-refractivity contribution is 14.1. The maximum Gasteiger partial charge on any atom is 0.308 e. The lowest BCUT2D eigenvalue weighted by Crippen LogP contribution is -2.69. The number of fused-ring (bicyclic) bond motifs is 1. The Labute approximate surface area is 280 Å². The van der Waals surface area contributed by atoms with E-state index in [0.717, 1.165) is 12.8 Å². The largest absolute Gasteiger partial charge is 0.469 e. The standard InChI is InChI=1S/C32H63IO7Si3/c1-30(2,3)41(11,12)38-24(19-20-33)27-29(40-43(15,16)32(7,8)9)28(39-42(13,14)31(4,5)6)26-23(37-27)18-17-22(36-26)21-25(34)35-10/h19-20,22-24,26-29H,17-18,21H2,1-16H3/b20-19+/t22-,23+,24+,26+,27+,28+,29-/m1/s1. The van der Waals surface area contributed by atoms with Crippen LogP contribution in [-0.2, 0) is 32.3 Å². The fourth-order valence-electron chi connectivity index (χ4n) is 4.77. The summed E-state index contributed by atoms with van der Waals surface area (Å²) in [5.41, 5.74) is 0. The summed E-state index contributed by atoms with van der Waals surface area (Å²) in [6, 6.07) is 0. The molecule has 0 aliphatic carbocycles. The first-order valence-corrected chi connectivity index (χ1v) is 25.9. The molecule has 252 valence electrons. The highest BCUT2D eigenvalue weighted by Gasteiger charge is 2.57. The maximum absolute atomic E-state index is 12.3. The van der Waals surface area contributed by atoms with Crippen LogP contribution in [0.4, 0.5) is 0 Å². The number of hydrogen-bond donors (Lipinski definition) is 0. The van der Waals surface area contributed by atoms with Gasteiger partial charge in [0.1, 0.15) is 24.4 Å². The Bertz CT molecular complexity index is 965. The van der Waals surface area contributed by atoms with Gasteiger partial charge in [0.15, 0.2) is 25.0 Å². The second-order valence-electron chi connectivity index (χ2n) is 17.1. The molecule has 0 amide bonds. The lowest BCUT2D eigenvalue weighted by atomic mass is 9.87. The van der Waals surface area contributed by atoms with Crippen LogP contribution >= 0.6 is 22.6 Å². The maximum atomic E-state index is 12.3. The molecular formula is C32H63IO7Si3. The molecule has 0 aromatic rings. The molecule has 2 rings (SSSR count). The minimum Gasteiger partial charge on any atom is -0.469 e. The van der Waals surface area contributed by atoms with Gasteiger partial charge in [0, 0.05) is 0 Å². The first-order valence-electron chi connectivity index (χ1n) is 16.0. The van der Waals surface area contributed by atoms with Gasteiger partial charge in [0.05, 0.1) is 31.8 Å². The summed E-state index contributed by atoms with van der Waals surface area (Å²) in [6.07, 6.45) is 1.61. The Morgan fingerprint density at radius 3 is 1.74 bits per heavy atom. The number of rotatable bonds is 10. The van der Waals surface area contributed by atoms with Crippen molar-refractivity contribution in [2.24, 2.45) is 0 Å². The molecule has 2 heterocycles. The van der Waals surface area contributed by atoms with Crippen molar-refractivity contribution in [3.63, 3.8) is 0 Å². The zero-order valence-electron chi connectivity index (χ0n) is 30.1. The minimum absolute atomic E-state index is 0.0168. The molecule has 2 fully saturated rings. The van der Waals surface area contributed by atoms with Crippen molar-refractivity contribution in [3.8, 4) is 0 Å². The van der Waals surface area contributed by atoms with Gasteiger partial charge in [-0.3, -0.25) is 4.79 Å². The van der Waals surface area contributed by atoms with E-state index in [9.17, 15) is 4.79 Å². The topological polar surface area (TPSA) is 72.5 Å². The van der Waals surface area contributed by atoms with Crippen LogP contribution in [0.5, 0.6) is 0 Å². The van der Waals surface area contributed by atoms with Crippen LogP contribution in [0.15, 0.2) is 10.2 Å². The summed E-state index contributed by atoms with van der Waals surface area (Å²) in [5.74, 6) is -0.260. The van der Waals surface area contributed by atoms with E-state index in [1.165, 1.54) is 7.11 Å². The zero-order chi connectivity index (χ0) is 33.4. The molecule has 0 saturated carbocycles. The number of carbonyl (C=O) groups is 1. The first kappa shape index (κ1) is 39.6. The fraction of sp³-hybridized carbons (Fsp3) is 0.906. The molecule has 2 aliphatic rings. The van der Waals surface area contributed by atoms with Crippen molar-refractivity contribution in [1.29, 1.82) is 0 Å². The molecular weight excluding hydrogens is 708 g/mol. The molecule has 0 aromatic heterocycles. The number of ether oxygens (including phenoxy) is 3. The van der Waals surface area contributed by atoms with Crippen LogP contribution in [0.2, 0.25) is 54.4 Å². The van der Waals surface area contributed by atoms with Crippen LogP contribution in [0.1, 0.15) is 81.6 Å². The predicted molar refractivity (Wildman–Crippen MR) is 193 cm³/mol. The quantitative estimate of drug-likeness (QED) is 0.125. The minimum atomic E-state index is -2.31. The third kappa shape index (κ3) is 9.71. The molecule has 0 radical (unpaired) electrons. The number of methoxy groups -OCH3 is 1. The monoisotopic (exact) mass is 770 g/mol. The number of esters is 1. The summed E-state index contributed by atoms with van der Waals surface area (Å²) in [4.78, 5) is 12.3. The fourth-order valence-corrected chi connectivity index (χ4v) is 9.03. The molecule has 0 aromatic carbocycles. The molecule has 0 unspecified atom stereocenters. The van der Waals surface area contributed by atoms with E-state index in [2.05, 4.69) is 130 Å². The summed E-state index contributed by atoms with van der Waals surface area (Å²) >= 11 is 2.29. The Balaban J connectivity index is 2.73. The van der Waals surface area contributed by atoms with E-state index < -0.39 is 31.1 Å². The van der Waals surface area contributed by atoms with Gasteiger partial charge < -0.3 is 27.5 Å². The lowest BCUT2D eigenvalue weighted by Gasteiger charge is -2.56. The van der Waals surface area contributed by atoms with Gasteiger partial charge in [-0.2, -0.15) is 0 Å². The molecule has 0 bridgehead atoms. The molecule has 7 nitrogen and oxygen atoms in total. The van der Waals surface area contributed by atoms with Gasteiger partial charge in [-0.05, 0) is 77.4 Å². The number of carbonyl (C=O) groups excluding carboxylic acids is 1. The van der Waals surface area contributed by atoms with Gasteiger partial charge in [-0.1, -0.05) is 84.9 Å². The van der Waals surface area contributed by atoms with E-state index in [0.29, 0.717) is 0 Å². The van der Waals surface area contributed by atoms with Crippen LogP contribution in [-0.4, -0.2) is 80.8 Å². The van der Waals surface area contributed by atoms with E-state index in [1.54, 1.807) is 0 Å². The van der Waals surface area contributed by atoms with Gasteiger partial charge in [-0.25, -0.2) is 0 Å². The second-order valence-corrected chi connectivity index (χ2v) is 32.1. The van der Waals surface area contributed by atoms with Crippen molar-refractivity contribution in [1.82, 2.24) is 0 Å². The lowest BCUT2D eigenvalue weighted by molar-refractivity contribution is -0.266. The summed E-state index contributed by atoms with van der Waals surface area (Å²) < 4.78 is 42.8. The number of halogens is 1. The average molecular weight is 771 g/mol. The summed E-state index contributed by atoms with van der Waals surface area (Å²) in [6.45, 7) is 34.1. The molecule has 0 spiro atoms. The third-order valence-corrected chi connectivity index (χ3v) is 24.5. The van der Waals surface area contributed by atoms with Gasteiger partial charge >= 0.3 is 5.97 Å². The second kappa shape index (κ2) is 14.2. The van der Waals surface area contributed by atoms with Crippen LogP contribution in [0.3, 0.4) is 0 Å². The molecule has 7 atom stereocenters. The van der Waals surface area contributed by atoms with Crippen molar-refractivity contribution < 1.29 is 32.3 Å². The highest BCUT2D eigenvalue weighted by atomic mass is 127. The molecule has 43 heavy (non-hydrogen) atoms. The average Bonchev–Trinajstić information content (AvgIpc) is 2.82.